The monoisotopic (exact) mass is 264 g/mol. The van der Waals surface area contributed by atoms with E-state index in [0.717, 1.165) is 5.56 Å². The number of carboxylic acids is 1. The molecule has 0 bridgehead atoms. The molecule has 1 aromatic carbocycles. The molecule has 104 valence electrons. The van der Waals surface area contributed by atoms with Crippen LogP contribution in [0.25, 0.3) is 0 Å². The van der Waals surface area contributed by atoms with E-state index in [0.29, 0.717) is 13.0 Å². The normalized spacial score (nSPS) is 12.2. The molecule has 1 atom stereocenters. The highest BCUT2D eigenvalue weighted by atomic mass is 16.4. The SMILES string of the molecule is CC(C)C(N)C(=O)NCCc1cccc(C(=O)O)c1. The minimum absolute atomic E-state index is 0.0929. The van der Waals surface area contributed by atoms with Gasteiger partial charge in [-0.1, -0.05) is 26.0 Å². The zero-order valence-electron chi connectivity index (χ0n) is 11.2. The summed E-state index contributed by atoms with van der Waals surface area (Å²) in [5, 5.41) is 11.6. The second kappa shape index (κ2) is 6.89. The fourth-order valence-electron chi connectivity index (χ4n) is 1.61. The van der Waals surface area contributed by atoms with E-state index in [9.17, 15) is 9.59 Å². The van der Waals surface area contributed by atoms with E-state index in [2.05, 4.69) is 5.32 Å². The maximum Gasteiger partial charge on any atom is 0.335 e. The smallest absolute Gasteiger partial charge is 0.335 e. The third kappa shape index (κ3) is 4.71. The van der Waals surface area contributed by atoms with Gasteiger partial charge in [-0.3, -0.25) is 4.79 Å². The number of hydrogen-bond acceptors (Lipinski definition) is 3. The van der Waals surface area contributed by atoms with E-state index in [4.69, 9.17) is 10.8 Å². The topological polar surface area (TPSA) is 92.4 Å². The van der Waals surface area contributed by atoms with Gasteiger partial charge in [-0.2, -0.15) is 0 Å². The summed E-state index contributed by atoms with van der Waals surface area (Å²) in [6.07, 6.45) is 0.581. The third-order valence-corrected chi connectivity index (χ3v) is 2.91. The lowest BCUT2D eigenvalue weighted by atomic mass is 10.0. The van der Waals surface area contributed by atoms with Gasteiger partial charge in [0.15, 0.2) is 0 Å². The van der Waals surface area contributed by atoms with Gasteiger partial charge in [0.2, 0.25) is 5.91 Å². The lowest BCUT2D eigenvalue weighted by Gasteiger charge is -2.15. The van der Waals surface area contributed by atoms with Crippen LogP contribution in [0, 0.1) is 5.92 Å². The lowest BCUT2D eigenvalue weighted by molar-refractivity contribution is -0.123. The zero-order chi connectivity index (χ0) is 14.4. The lowest BCUT2D eigenvalue weighted by Crippen LogP contribution is -2.44. The van der Waals surface area contributed by atoms with E-state index < -0.39 is 12.0 Å². The van der Waals surface area contributed by atoms with Crippen LogP contribution in [0.2, 0.25) is 0 Å². The summed E-state index contributed by atoms with van der Waals surface area (Å²) in [5.41, 5.74) is 6.84. The summed E-state index contributed by atoms with van der Waals surface area (Å²) in [7, 11) is 0. The van der Waals surface area contributed by atoms with Crippen molar-refractivity contribution in [2.75, 3.05) is 6.54 Å². The van der Waals surface area contributed by atoms with E-state index in [1.807, 2.05) is 19.9 Å². The van der Waals surface area contributed by atoms with Crippen molar-refractivity contribution in [1.29, 1.82) is 0 Å². The van der Waals surface area contributed by atoms with Gasteiger partial charge in [0.25, 0.3) is 0 Å². The average molecular weight is 264 g/mol. The highest BCUT2D eigenvalue weighted by Crippen LogP contribution is 2.06. The van der Waals surface area contributed by atoms with Crippen molar-refractivity contribution in [3.63, 3.8) is 0 Å². The molecule has 1 unspecified atom stereocenters. The second-order valence-electron chi connectivity index (χ2n) is 4.82. The van der Waals surface area contributed by atoms with E-state index in [-0.39, 0.29) is 17.4 Å². The predicted octanol–water partition coefficient (Wildman–Crippen LogP) is 1.03. The van der Waals surface area contributed by atoms with Gasteiger partial charge >= 0.3 is 5.97 Å². The Balaban J connectivity index is 2.47. The average Bonchev–Trinajstić information content (AvgIpc) is 2.37. The van der Waals surface area contributed by atoms with E-state index in [1.54, 1.807) is 18.2 Å². The maximum atomic E-state index is 11.6. The molecule has 0 aliphatic heterocycles. The maximum absolute atomic E-state index is 11.6. The molecule has 5 nitrogen and oxygen atoms in total. The fraction of sp³-hybridized carbons (Fsp3) is 0.429. The Kier molecular flexibility index (Phi) is 5.51. The van der Waals surface area contributed by atoms with E-state index >= 15 is 0 Å². The first-order valence-electron chi connectivity index (χ1n) is 6.27. The van der Waals surface area contributed by atoms with Gasteiger partial charge in [-0.05, 0) is 30.0 Å². The first-order valence-corrected chi connectivity index (χ1v) is 6.27. The number of nitrogens with one attached hydrogen (secondary N) is 1. The standard InChI is InChI=1S/C14H20N2O3/c1-9(2)12(15)13(17)16-7-6-10-4-3-5-11(8-10)14(18)19/h3-5,8-9,12H,6-7,15H2,1-2H3,(H,16,17)(H,18,19). The zero-order valence-corrected chi connectivity index (χ0v) is 11.2. The number of nitrogens with two attached hydrogens (primary N) is 1. The van der Waals surface area contributed by atoms with Crippen molar-refractivity contribution in [3.05, 3.63) is 35.4 Å². The Morgan fingerprint density at radius 2 is 2.05 bits per heavy atom. The van der Waals surface area contributed by atoms with Crippen molar-refractivity contribution in [2.24, 2.45) is 11.7 Å². The second-order valence-corrected chi connectivity index (χ2v) is 4.82. The molecule has 0 fully saturated rings. The van der Waals surface area contributed by atoms with Crippen molar-refractivity contribution >= 4 is 11.9 Å². The van der Waals surface area contributed by atoms with Gasteiger partial charge < -0.3 is 16.2 Å². The van der Waals surface area contributed by atoms with Crippen LogP contribution in [0.1, 0.15) is 29.8 Å². The Labute approximate surface area is 112 Å². The summed E-state index contributed by atoms with van der Waals surface area (Å²) in [6.45, 7) is 4.23. The summed E-state index contributed by atoms with van der Waals surface area (Å²) in [5.74, 6) is -1.03. The van der Waals surface area contributed by atoms with Gasteiger partial charge in [0, 0.05) is 6.54 Å². The molecule has 0 radical (unpaired) electrons. The highest BCUT2D eigenvalue weighted by Gasteiger charge is 2.16. The summed E-state index contributed by atoms with van der Waals surface area (Å²) >= 11 is 0. The Bertz CT molecular complexity index is 458. The molecule has 0 heterocycles. The van der Waals surface area contributed by atoms with Crippen LogP contribution in [0.3, 0.4) is 0 Å². The molecule has 0 spiro atoms. The molecule has 0 aliphatic rings. The molecule has 1 amide bonds. The quantitative estimate of drug-likeness (QED) is 0.715. The van der Waals surface area contributed by atoms with Crippen LogP contribution in [0.4, 0.5) is 0 Å². The fourth-order valence-corrected chi connectivity index (χ4v) is 1.61. The molecule has 5 heteroatoms. The van der Waals surface area contributed by atoms with Crippen LogP contribution >= 0.6 is 0 Å². The van der Waals surface area contributed by atoms with Crippen LogP contribution in [0.5, 0.6) is 0 Å². The Morgan fingerprint density at radius 3 is 2.63 bits per heavy atom. The number of hydrogen-bond donors (Lipinski definition) is 3. The van der Waals surface area contributed by atoms with Crippen LogP contribution in [0.15, 0.2) is 24.3 Å². The molecule has 0 aromatic heterocycles. The molecule has 0 saturated heterocycles. The van der Waals surface area contributed by atoms with Crippen molar-refractivity contribution in [2.45, 2.75) is 26.3 Å². The van der Waals surface area contributed by atoms with Gasteiger partial charge in [0.05, 0.1) is 11.6 Å². The summed E-state index contributed by atoms with van der Waals surface area (Å²) < 4.78 is 0. The van der Waals surface area contributed by atoms with Gasteiger partial charge in [-0.25, -0.2) is 4.79 Å². The van der Waals surface area contributed by atoms with Crippen molar-refractivity contribution < 1.29 is 14.7 Å². The number of amides is 1. The minimum Gasteiger partial charge on any atom is -0.478 e. The number of carboxylic acid groups (broad SMARTS) is 1. The number of carbonyl (C=O) groups excluding carboxylic acids is 1. The highest BCUT2D eigenvalue weighted by molar-refractivity contribution is 5.87. The van der Waals surface area contributed by atoms with Crippen LogP contribution < -0.4 is 11.1 Å². The number of aromatic carboxylic acids is 1. The summed E-state index contributed by atoms with van der Waals surface area (Å²) in [6, 6.07) is 6.17. The van der Waals surface area contributed by atoms with E-state index in [1.165, 1.54) is 0 Å². The third-order valence-electron chi connectivity index (χ3n) is 2.91. The Hall–Kier alpha value is -1.88. The van der Waals surface area contributed by atoms with Crippen LogP contribution in [-0.4, -0.2) is 29.6 Å². The predicted molar refractivity (Wildman–Crippen MR) is 72.9 cm³/mol. The number of benzene rings is 1. The minimum atomic E-state index is -0.951. The summed E-state index contributed by atoms with van der Waals surface area (Å²) in [4.78, 5) is 22.4. The number of rotatable bonds is 6. The molecular weight excluding hydrogens is 244 g/mol. The first kappa shape index (κ1) is 15.2. The van der Waals surface area contributed by atoms with Crippen molar-refractivity contribution in [1.82, 2.24) is 5.32 Å². The first-order chi connectivity index (χ1) is 8.91. The Morgan fingerprint density at radius 1 is 1.37 bits per heavy atom. The molecule has 19 heavy (non-hydrogen) atoms. The van der Waals surface area contributed by atoms with Gasteiger partial charge in [0.1, 0.15) is 0 Å². The molecular formula is C14H20N2O3. The van der Waals surface area contributed by atoms with Gasteiger partial charge in [-0.15, -0.1) is 0 Å². The molecule has 4 N–H and O–H groups in total. The largest absolute Gasteiger partial charge is 0.478 e. The molecule has 0 saturated carbocycles. The molecule has 0 aliphatic carbocycles. The molecule has 1 rings (SSSR count). The molecule has 1 aromatic rings. The number of carbonyl (C=O) groups is 2. The van der Waals surface area contributed by atoms with Crippen LogP contribution in [-0.2, 0) is 11.2 Å². The van der Waals surface area contributed by atoms with Crippen molar-refractivity contribution in [3.8, 4) is 0 Å².